The predicted octanol–water partition coefficient (Wildman–Crippen LogP) is 2.21. The first-order valence-corrected chi connectivity index (χ1v) is 9.65. The first-order valence-electron chi connectivity index (χ1n) is 9.65. The molecular weight excluding hydrogens is 427 g/mol. The Bertz CT molecular complexity index is 1090. The number of halogens is 3. The molecule has 0 radical (unpaired) electrons. The van der Waals surface area contributed by atoms with Crippen molar-refractivity contribution in [1.82, 2.24) is 14.9 Å². The van der Waals surface area contributed by atoms with Crippen molar-refractivity contribution < 1.29 is 27.9 Å². The lowest BCUT2D eigenvalue weighted by Crippen LogP contribution is -2.39. The molecule has 4 N–H and O–H groups in total. The van der Waals surface area contributed by atoms with E-state index in [0.29, 0.717) is 23.2 Å². The summed E-state index contributed by atoms with van der Waals surface area (Å²) in [6.45, 7) is 0.734. The van der Waals surface area contributed by atoms with Crippen LogP contribution in [-0.4, -0.2) is 63.7 Å². The van der Waals surface area contributed by atoms with Crippen molar-refractivity contribution in [3.8, 4) is 11.4 Å². The van der Waals surface area contributed by atoms with Gasteiger partial charge in [-0.3, -0.25) is 9.59 Å². The van der Waals surface area contributed by atoms with Gasteiger partial charge in [-0.15, -0.1) is 0 Å². The number of anilines is 1. The Labute approximate surface area is 182 Å². The number of likely N-dealkylation sites (N-methyl/N-ethyl adjacent to an activating group) is 1. The van der Waals surface area contributed by atoms with E-state index in [1.807, 2.05) is 0 Å². The van der Waals surface area contributed by atoms with E-state index in [1.54, 1.807) is 44.3 Å². The molecule has 8 nitrogen and oxygen atoms in total. The van der Waals surface area contributed by atoms with E-state index in [9.17, 15) is 27.9 Å². The van der Waals surface area contributed by atoms with E-state index in [2.05, 4.69) is 15.3 Å². The summed E-state index contributed by atoms with van der Waals surface area (Å²) in [5, 5.41) is 12.8. The number of rotatable bonds is 6. The Morgan fingerprint density at radius 3 is 2.72 bits per heavy atom. The maximum Gasteiger partial charge on any atom is 0.405 e. The number of aliphatic hydroxyl groups is 1. The minimum atomic E-state index is -4.49. The molecule has 0 unspecified atom stereocenters. The summed E-state index contributed by atoms with van der Waals surface area (Å²) in [6.07, 6.45) is -1.49. The number of hydrogen-bond acceptors (Lipinski definition) is 6. The molecule has 0 aliphatic carbocycles. The van der Waals surface area contributed by atoms with Gasteiger partial charge in [0, 0.05) is 25.6 Å². The van der Waals surface area contributed by atoms with Gasteiger partial charge in [0.1, 0.15) is 6.54 Å². The molecular formula is C21H22F3N5O3. The number of nitrogens with two attached hydrogens (primary N) is 1. The van der Waals surface area contributed by atoms with Crippen LogP contribution in [0.1, 0.15) is 29.4 Å². The second-order valence-electron chi connectivity index (χ2n) is 7.58. The number of hydrogen-bond donors (Lipinski definition) is 3. The largest absolute Gasteiger partial charge is 0.405 e. The minimum absolute atomic E-state index is 0.0830. The number of benzene rings is 1. The molecule has 2 amide bonds. The monoisotopic (exact) mass is 449 g/mol. The average Bonchev–Trinajstić information content (AvgIpc) is 3.00. The van der Waals surface area contributed by atoms with E-state index in [4.69, 9.17) is 5.73 Å². The van der Waals surface area contributed by atoms with Gasteiger partial charge in [-0.05, 0) is 24.1 Å². The molecule has 2 heterocycles. The summed E-state index contributed by atoms with van der Waals surface area (Å²) in [7, 11) is 1.62. The van der Waals surface area contributed by atoms with Crippen LogP contribution in [0.15, 0.2) is 36.0 Å². The van der Waals surface area contributed by atoms with E-state index in [1.165, 1.54) is 4.90 Å². The van der Waals surface area contributed by atoms with Crippen LogP contribution >= 0.6 is 0 Å². The summed E-state index contributed by atoms with van der Waals surface area (Å²) in [6, 6.07) is 6.75. The topological polar surface area (TPSA) is 121 Å². The third kappa shape index (κ3) is 4.88. The summed E-state index contributed by atoms with van der Waals surface area (Å²) in [5.41, 5.74) is 4.68. The summed E-state index contributed by atoms with van der Waals surface area (Å²) >= 11 is 0. The Morgan fingerprint density at radius 1 is 1.41 bits per heavy atom. The fourth-order valence-electron chi connectivity index (χ4n) is 3.39. The van der Waals surface area contributed by atoms with Crippen molar-refractivity contribution in [2.45, 2.75) is 25.1 Å². The van der Waals surface area contributed by atoms with Crippen LogP contribution in [0.25, 0.3) is 17.5 Å². The van der Waals surface area contributed by atoms with Gasteiger partial charge in [0.2, 0.25) is 0 Å². The highest BCUT2D eigenvalue weighted by Crippen LogP contribution is 2.31. The molecule has 11 heteroatoms. The Morgan fingerprint density at radius 2 is 2.12 bits per heavy atom. The number of alkyl halides is 3. The molecule has 1 aromatic heterocycles. The zero-order valence-corrected chi connectivity index (χ0v) is 17.4. The Balaban J connectivity index is 1.91. The molecule has 0 saturated carbocycles. The van der Waals surface area contributed by atoms with Crippen LogP contribution in [0.4, 0.5) is 18.9 Å². The van der Waals surface area contributed by atoms with Crippen LogP contribution in [0.3, 0.4) is 0 Å². The highest BCUT2D eigenvalue weighted by molar-refractivity contribution is 5.96. The van der Waals surface area contributed by atoms with Gasteiger partial charge in [0.05, 0.1) is 11.9 Å². The molecule has 2 aromatic rings. The number of primary amides is 1. The van der Waals surface area contributed by atoms with Gasteiger partial charge in [-0.25, -0.2) is 9.97 Å². The first-order chi connectivity index (χ1) is 14.9. The Hall–Kier alpha value is -3.47. The van der Waals surface area contributed by atoms with E-state index >= 15 is 0 Å². The second kappa shape index (κ2) is 8.58. The maximum atomic E-state index is 12.5. The van der Waals surface area contributed by atoms with Crippen LogP contribution in [0.5, 0.6) is 0 Å². The Kier molecular flexibility index (Phi) is 6.22. The second-order valence-corrected chi connectivity index (χ2v) is 7.58. The lowest BCUT2D eigenvalue weighted by atomic mass is 9.91. The first kappa shape index (κ1) is 23.2. The van der Waals surface area contributed by atoms with E-state index < -0.39 is 24.2 Å². The third-order valence-corrected chi connectivity index (χ3v) is 5.19. The quantitative estimate of drug-likeness (QED) is 0.622. The molecule has 1 fully saturated rings. The van der Waals surface area contributed by atoms with Crippen molar-refractivity contribution in [1.29, 1.82) is 0 Å². The number of aromatic nitrogens is 2. The van der Waals surface area contributed by atoms with E-state index in [-0.39, 0.29) is 29.5 Å². The van der Waals surface area contributed by atoms with Crippen LogP contribution in [0.2, 0.25) is 0 Å². The fraction of sp³-hybridized carbons (Fsp3) is 0.333. The molecule has 32 heavy (non-hydrogen) atoms. The van der Waals surface area contributed by atoms with Crippen molar-refractivity contribution in [2.24, 2.45) is 5.73 Å². The highest BCUT2D eigenvalue weighted by atomic mass is 19.4. The van der Waals surface area contributed by atoms with Crippen molar-refractivity contribution in [2.75, 3.05) is 25.5 Å². The maximum absolute atomic E-state index is 12.5. The zero-order chi connectivity index (χ0) is 23.7. The molecule has 170 valence electrons. The van der Waals surface area contributed by atoms with Gasteiger partial charge in [0.25, 0.3) is 11.8 Å². The smallest absolute Gasteiger partial charge is 0.376 e. The number of carbonyl (C=O) groups is 2. The zero-order valence-electron chi connectivity index (χ0n) is 17.4. The number of amides is 2. The molecule has 1 atom stereocenters. The molecule has 0 bridgehead atoms. The van der Waals surface area contributed by atoms with Crippen LogP contribution in [-0.2, 0) is 4.79 Å². The van der Waals surface area contributed by atoms with Gasteiger partial charge in [-0.2, -0.15) is 13.2 Å². The van der Waals surface area contributed by atoms with E-state index in [0.717, 1.165) is 6.20 Å². The fourth-order valence-corrected chi connectivity index (χ4v) is 3.39. The number of nitrogens with one attached hydrogen (secondary N) is 1. The third-order valence-electron chi connectivity index (χ3n) is 5.19. The number of likely N-dealkylation sites (tertiary alicyclic amines) is 1. The molecule has 1 aliphatic rings. The number of carbonyl (C=O) groups excluding carboxylic acids is 2. The molecule has 3 rings (SSSR count). The predicted molar refractivity (Wildman–Crippen MR) is 111 cm³/mol. The van der Waals surface area contributed by atoms with Crippen molar-refractivity contribution in [3.05, 3.63) is 47.3 Å². The van der Waals surface area contributed by atoms with Crippen molar-refractivity contribution >= 4 is 23.6 Å². The lowest BCUT2D eigenvalue weighted by Gasteiger charge is -2.21. The molecule has 1 aliphatic heterocycles. The van der Waals surface area contributed by atoms with Crippen LogP contribution < -0.4 is 11.1 Å². The van der Waals surface area contributed by atoms with Gasteiger partial charge in [0.15, 0.2) is 17.1 Å². The minimum Gasteiger partial charge on any atom is -0.376 e. The molecule has 1 aromatic carbocycles. The lowest BCUT2D eigenvalue weighted by molar-refractivity contribution is -0.139. The van der Waals surface area contributed by atoms with Gasteiger partial charge >= 0.3 is 6.18 Å². The molecule has 0 spiro atoms. The highest BCUT2D eigenvalue weighted by Gasteiger charge is 2.44. The SMILES string of the molecule is C/C(=C\c1cccc(-c2ncc(NCC(F)(F)F)c(C(N)=O)n2)c1)[C@]1(O)CCN(C)C1=O. The van der Waals surface area contributed by atoms with Gasteiger partial charge in [-0.1, -0.05) is 24.3 Å². The average molecular weight is 449 g/mol. The standard InChI is InChI=1S/C21H22F3N5O3/c1-12(20(32)6-7-29(2)19(20)31)8-13-4-3-5-14(9-13)18-26-10-15(16(28-18)17(25)30)27-11-21(22,23)24/h3-5,8-10,27,32H,6-7,11H2,1-2H3,(H2,25,30)/b12-8+/t20-/m1/s1. The number of nitrogens with zero attached hydrogens (tertiary/aromatic N) is 3. The normalized spacial score (nSPS) is 19.4. The van der Waals surface area contributed by atoms with Gasteiger partial charge < -0.3 is 21.1 Å². The summed E-state index contributed by atoms with van der Waals surface area (Å²) in [5.74, 6) is -1.30. The van der Waals surface area contributed by atoms with Crippen molar-refractivity contribution in [3.63, 3.8) is 0 Å². The van der Waals surface area contributed by atoms with Crippen LogP contribution in [0, 0.1) is 0 Å². The summed E-state index contributed by atoms with van der Waals surface area (Å²) in [4.78, 5) is 33.5. The summed E-state index contributed by atoms with van der Waals surface area (Å²) < 4.78 is 37.5. The molecule has 1 saturated heterocycles.